The van der Waals surface area contributed by atoms with E-state index in [2.05, 4.69) is 0 Å². The SMILES string of the molecule is CC(C)(C)OC(=O)[C@]1(c2ccccc2)CCCN1C(=O)CN. The number of nitrogens with zero attached hydrogens (tertiary/aromatic N) is 1. The number of benzene rings is 1. The Morgan fingerprint density at radius 2 is 1.91 bits per heavy atom. The van der Waals surface area contributed by atoms with Crippen molar-refractivity contribution in [3.63, 3.8) is 0 Å². The summed E-state index contributed by atoms with van der Waals surface area (Å²) < 4.78 is 5.63. The Balaban J connectivity index is 2.50. The maximum absolute atomic E-state index is 13.0. The fraction of sp³-hybridized carbons (Fsp3) is 0.529. The van der Waals surface area contributed by atoms with Crippen molar-refractivity contribution in [3.05, 3.63) is 35.9 Å². The van der Waals surface area contributed by atoms with E-state index in [1.165, 1.54) is 0 Å². The van der Waals surface area contributed by atoms with Gasteiger partial charge >= 0.3 is 5.97 Å². The van der Waals surface area contributed by atoms with Crippen LogP contribution in [0.2, 0.25) is 0 Å². The van der Waals surface area contributed by atoms with Crippen LogP contribution in [-0.2, 0) is 19.9 Å². The van der Waals surface area contributed by atoms with E-state index < -0.39 is 11.1 Å². The summed E-state index contributed by atoms with van der Waals surface area (Å²) >= 11 is 0. The number of hydrogen-bond acceptors (Lipinski definition) is 4. The first kappa shape index (κ1) is 16.5. The number of hydrogen-bond donors (Lipinski definition) is 1. The Morgan fingerprint density at radius 3 is 2.45 bits per heavy atom. The molecule has 1 aliphatic heterocycles. The highest BCUT2D eigenvalue weighted by atomic mass is 16.6. The van der Waals surface area contributed by atoms with Crippen LogP contribution < -0.4 is 5.73 Å². The maximum atomic E-state index is 13.0. The van der Waals surface area contributed by atoms with Crippen molar-refractivity contribution < 1.29 is 14.3 Å². The highest BCUT2D eigenvalue weighted by molar-refractivity contribution is 5.90. The fourth-order valence-electron chi connectivity index (χ4n) is 2.97. The second kappa shape index (κ2) is 6.08. The number of carbonyl (C=O) groups excluding carboxylic acids is 2. The molecule has 0 aliphatic carbocycles. The van der Waals surface area contributed by atoms with Crippen LogP contribution in [0.25, 0.3) is 0 Å². The van der Waals surface area contributed by atoms with Crippen LogP contribution in [0.1, 0.15) is 39.2 Å². The van der Waals surface area contributed by atoms with Crippen LogP contribution in [-0.4, -0.2) is 35.5 Å². The molecule has 1 saturated heterocycles. The first-order chi connectivity index (χ1) is 10.3. The number of amides is 1. The lowest BCUT2D eigenvalue weighted by Gasteiger charge is -2.38. The van der Waals surface area contributed by atoms with Crippen LogP contribution in [0.15, 0.2) is 30.3 Å². The lowest BCUT2D eigenvalue weighted by Crippen LogP contribution is -2.54. The third-order valence-electron chi connectivity index (χ3n) is 3.84. The van der Waals surface area contributed by atoms with Gasteiger partial charge in [0.15, 0.2) is 5.54 Å². The number of ether oxygens (including phenoxy) is 1. The van der Waals surface area contributed by atoms with E-state index in [-0.39, 0.29) is 18.4 Å². The third-order valence-corrected chi connectivity index (χ3v) is 3.84. The number of rotatable bonds is 3. The van der Waals surface area contributed by atoms with Crippen molar-refractivity contribution in [2.45, 2.75) is 44.8 Å². The Morgan fingerprint density at radius 1 is 1.27 bits per heavy atom. The van der Waals surface area contributed by atoms with Crippen molar-refractivity contribution in [2.24, 2.45) is 5.73 Å². The summed E-state index contributed by atoms with van der Waals surface area (Å²) in [7, 11) is 0. The monoisotopic (exact) mass is 304 g/mol. The van der Waals surface area contributed by atoms with Gasteiger partial charge in [-0.05, 0) is 39.2 Å². The van der Waals surface area contributed by atoms with Gasteiger partial charge < -0.3 is 15.4 Å². The molecule has 1 heterocycles. The Bertz CT molecular complexity index is 551. The lowest BCUT2D eigenvalue weighted by molar-refractivity contribution is -0.172. The minimum absolute atomic E-state index is 0.114. The molecule has 1 amide bonds. The summed E-state index contributed by atoms with van der Waals surface area (Å²) in [6, 6.07) is 9.35. The molecule has 1 atom stereocenters. The van der Waals surface area contributed by atoms with E-state index in [0.29, 0.717) is 13.0 Å². The second-order valence-electron chi connectivity index (χ2n) is 6.58. The summed E-state index contributed by atoms with van der Waals surface area (Å²) in [6.45, 7) is 5.89. The molecule has 5 nitrogen and oxygen atoms in total. The Hall–Kier alpha value is -1.88. The Labute approximate surface area is 131 Å². The molecule has 0 spiro atoms. The van der Waals surface area contributed by atoms with Crippen molar-refractivity contribution in [2.75, 3.05) is 13.1 Å². The van der Waals surface area contributed by atoms with Crippen molar-refractivity contribution in [1.29, 1.82) is 0 Å². The predicted octanol–water partition coefficient (Wildman–Crippen LogP) is 1.80. The van der Waals surface area contributed by atoms with E-state index in [1.807, 2.05) is 51.1 Å². The molecule has 0 aromatic heterocycles. The van der Waals surface area contributed by atoms with E-state index in [1.54, 1.807) is 4.90 Å². The average molecular weight is 304 g/mol. The normalized spacial score (nSPS) is 21.7. The molecule has 0 saturated carbocycles. The molecule has 2 N–H and O–H groups in total. The standard InChI is InChI=1S/C17H24N2O3/c1-16(2,3)22-15(21)17(13-8-5-4-6-9-13)10-7-11-19(17)14(20)12-18/h4-6,8-9H,7,10-12,18H2,1-3H3/t17-/m1/s1. The van der Waals surface area contributed by atoms with Crippen LogP contribution in [0.5, 0.6) is 0 Å². The number of esters is 1. The topological polar surface area (TPSA) is 72.6 Å². The maximum Gasteiger partial charge on any atom is 0.337 e. The van der Waals surface area contributed by atoms with Gasteiger partial charge in [0, 0.05) is 6.54 Å². The van der Waals surface area contributed by atoms with E-state index >= 15 is 0 Å². The van der Waals surface area contributed by atoms with Crippen LogP contribution >= 0.6 is 0 Å². The van der Waals surface area contributed by atoms with Gasteiger partial charge in [-0.2, -0.15) is 0 Å². The van der Waals surface area contributed by atoms with Gasteiger partial charge in [-0.15, -0.1) is 0 Å². The Kier molecular flexibility index (Phi) is 4.56. The molecule has 2 rings (SSSR count). The molecule has 1 aromatic carbocycles. The molecule has 1 aliphatic rings. The molecular weight excluding hydrogens is 280 g/mol. The molecule has 1 fully saturated rings. The summed E-state index contributed by atoms with van der Waals surface area (Å²) in [4.78, 5) is 26.8. The highest BCUT2D eigenvalue weighted by Crippen LogP contribution is 2.41. The van der Waals surface area contributed by atoms with Crippen LogP contribution in [0, 0.1) is 0 Å². The van der Waals surface area contributed by atoms with Crippen LogP contribution in [0.3, 0.4) is 0 Å². The van der Waals surface area contributed by atoms with Gasteiger partial charge in [-0.3, -0.25) is 4.79 Å². The molecule has 1 aromatic rings. The van der Waals surface area contributed by atoms with Crippen molar-refractivity contribution in [1.82, 2.24) is 4.90 Å². The first-order valence-electron chi connectivity index (χ1n) is 7.61. The van der Waals surface area contributed by atoms with E-state index in [4.69, 9.17) is 10.5 Å². The van der Waals surface area contributed by atoms with Crippen molar-refractivity contribution >= 4 is 11.9 Å². The van der Waals surface area contributed by atoms with Crippen LogP contribution in [0.4, 0.5) is 0 Å². The average Bonchev–Trinajstić information content (AvgIpc) is 2.91. The molecule has 5 heteroatoms. The molecule has 22 heavy (non-hydrogen) atoms. The zero-order valence-electron chi connectivity index (χ0n) is 13.5. The summed E-state index contributed by atoms with van der Waals surface area (Å²) in [5.74, 6) is -0.613. The quantitative estimate of drug-likeness (QED) is 0.864. The summed E-state index contributed by atoms with van der Waals surface area (Å²) in [5.41, 5.74) is 4.64. The third kappa shape index (κ3) is 2.99. The molecule has 0 radical (unpaired) electrons. The highest BCUT2D eigenvalue weighted by Gasteiger charge is 2.52. The van der Waals surface area contributed by atoms with E-state index in [9.17, 15) is 9.59 Å². The molecule has 120 valence electrons. The first-order valence-corrected chi connectivity index (χ1v) is 7.61. The van der Waals surface area contributed by atoms with Gasteiger partial charge in [0.05, 0.1) is 6.54 Å². The van der Waals surface area contributed by atoms with E-state index in [0.717, 1.165) is 12.0 Å². The lowest BCUT2D eigenvalue weighted by atomic mass is 9.86. The van der Waals surface area contributed by atoms with Gasteiger partial charge in [-0.1, -0.05) is 30.3 Å². The minimum atomic E-state index is -1.06. The molecule has 0 bridgehead atoms. The molecular formula is C17H24N2O3. The van der Waals surface area contributed by atoms with Gasteiger partial charge in [-0.25, -0.2) is 4.79 Å². The second-order valence-corrected chi connectivity index (χ2v) is 6.58. The zero-order valence-corrected chi connectivity index (χ0v) is 13.5. The summed E-state index contributed by atoms with van der Waals surface area (Å²) in [6.07, 6.45) is 1.30. The largest absolute Gasteiger partial charge is 0.458 e. The smallest absolute Gasteiger partial charge is 0.337 e. The van der Waals surface area contributed by atoms with Gasteiger partial charge in [0.2, 0.25) is 5.91 Å². The van der Waals surface area contributed by atoms with Crippen molar-refractivity contribution in [3.8, 4) is 0 Å². The number of carbonyl (C=O) groups is 2. The van der Waals surface area contributed by atoms with Gasteiger partial charge in [0.1, 0.15) is 5.60 Å². The fourth-order valence-corrected chi connectivity index (χ4v) is 2.97. The minimum Gasteiger partial charge on any atom is -0.458 e. The van der Waals surface area contributed by atoms with Gasteiger partial charge in [0.25, 0.3) is 0 Å². The zero-order chi connectivity index (χ0) is 16.4. The number of likely N-dealkylation sites (tertiary alicyclic amines) is 1. The predicted molar refractivity (Wildman–Crippen MR) is 84.0 cm³/mol. The molecule has 0 unspecified atom stereocenters. The number of nitrogens with two attached hydrogens (primary N) is 1. The summed E-state index contributed by atoms with van der Waals surface area (Å²) in [5, 5.41) is 0.